The zero-order valence-corrected chi connectivity index (χ0v) is 16.7. The number of thiophene rings is 2. The Bertz CT molecular complexity index is 1590. The summed E-state index contributed by atoms with van der Waals surface area (Å²) in [4.78, 5) is 11.7. The van der Waals surface area contributed by atoms with Crippen molar-refractivity contribution < 1.29 is 4.92 Å². The van der Waals surface area contributed by atoms with Gasteiger partial charge < -0.3 is 0 Å². The highest BCUT2D eigenvalue weighted by molar-refractivity contribution is 7.27. The minimum absolute atomic E-state index is 0.161. The molecule has 0 aliphatic heterocycles. The predicted molar refractivity (Wildman–Crippen MR) is 124 cm³/mol. The van der Waals surface area contributed by atoms with E-state index in [0.717, 1.165) is 41.4 Å². The van der Waals surface area contributed by atoms with Gasteiger partial charge in [0.15, 0.2) is 0 Å². The van der Waals surface area contributed by atoms with E-state index in [9.17, 15) is 10.1 Å². The number of nitro groups is 1. The summed E-state index contributed by atoms with van der Waals surface area (Å²) in [6, 6.07) is 26.2. The number of hydrogen-bond acceptors (Lipinski definition) is 4. The Labute approximate surface area is 173 Å². The molecule has 0 fully saturated rings. The molecular formula is C24H13NO2S2. The monoisotopic (exact) mass is 411 g/mol. The third kappa shape index (κ3) is 2.35. The number of hydrogen-bond donors (Lipinski definition) is 0. The Kier molecular flexibility index (Phi) is 3.51. The van der Waals surface area contributed by atoms with Crippen LogP contribution in [0.1, 0.15) is 0 Å². The molecule has 0 aliphatic rings. The second-order valence-corrected chi connectivity index (χ2v) is 9.08. The molecule has 0 spiro atoms. The zero-order chi connectivity index (χ0) is 19.5. The van der Waals surface area contributed by atoms with Crippen molar-refractivity contribution in [2.24, 2.45) is 0 Å². The highest BCUT2D eigenvalue weighted by atomic mass is 32.1. The van der Waals surface area contributed by atoms with E-state index in [1.165, 1.54) is 10.1 Å². The molecule has 0 saturated heterocycles. The summed E-state index contributed by atoms with van der Waals surface area (Å²) in [7, 11) is 0. The molecule has 138 valence electrons. The van der Waals surface area contributed by atoms with Gasteiger partial charge in [0.05, 0.1) is 15.2 Å². The smallest absolute Gasteiger partial charge is 0.258 e. The van der Waals surface area contributed by atoms with Crippen LogP contribution in [-0.4, -0.2) is 4.92 Å². The van der Waals surface area contributed by atoms with Gasteiger partial charge in [-0.15, -0.1) is 22.7 Å². The van der Waals surface area contributed by atoms with Crippen LogP contribution in [0.15, 0.2) is 78.9 Å². The van der Waals surface area contributed by atoms with E-state index in [-0.39, 0.29) is 10.6 Å². The fourth-order valence-electron chi connectivity index (χ4n) is 4.13. The highest BCUT2D eigenvalue weighted by Gasteiger charge is 2.23. The first-order chi connectivity index (χ1) is 14.2. The molecular weight excluding hydrogens is 398 g/mol. The van der Waals surface area contributed by atoms with Crippen molar-refractivity contribution in [3.05, 3.63) is 89.0 Å². The average Bonchev–Trinajstić information content (AvgIpc) is 3.31. The van der Waals surface area contributed by atoms with Gasteiger partial charge in [0.25, 0.3) is 5.69 Å². The summed E-state index contributed by atoms with van der Waals surface area (Å²) in [5, 5.41) is 16.5. The SMILES string of the molecule is O=[N+]([O-])c1ccc2c(sc3ccccc32)c1-c1cccc2c1sc1ccccc12. The fraction of sp³-hybridized carbons (Fsp3) is 0. The maximum Gasteiger partial charge on any atom is 0.278 e. The highest BCUT2D eigenvalue weighted by Crippen LogP contribution is 2.48. The summed E-state index contributed by atoms with van der Waals surface area (Å²) in [6.45, 7) is 0. The lowest BCUT2D eigenvalue weighted by Gasteiger charge is -2.07. The van der Waals surface area contributed by atoms with E-state index in [2.05, 4.69) is 30.3 Å². The molecule has 0 saturated carbocycles. The summed E-state index contributed by atoms with van der Waals surface area (Å²) in [6.07, 6.45) is 0. The molecule has 5 heteroatoms. The number of fused-ring (bicyclic) bond motifs is 6. The third-order valence-electron chi connectivity index (χ3n) is 5.40. The molecule has 0 radical (unpaired) electrons. The van der Waals surface area contributed by atoms with Gasteiger partial charge in [-0.3, -0.25) is 10.1 Å². The van der Waals surface area contributed by atoms with Gasteiger partial charge in [-0.25, -0.2) is 0 Å². The van der Waals surface area contributed by atoms with Gasteiger partial charge >= 0.3 is 0 Å². The number of nitro benzene ring substituents is 1. The summed E-state index contributed by atoms with van der Waals surface area (Å²) in [5.41, 5.74) is 1.83. The van der Waals surface area contributed by atoms with E-state index in [1.54, 1.807) is 28.7 Å². The Hall–Kier alpha value is -3.28. The van der Waals surface area contributed by atoms with Crippen molar-refractivity contribution in [2.45, 2.75) is 0 Å². The largest absolute Gasteiger partial charge is 0.278 e. The van der Waals surface area contributed by atoms with E-state index in [0.29, 0.717) is 0 Å². The van der Waals surface area contributed by atoms with Gasteiger partial charge in [-0.1, -0.05) is 54.6 Å². The quantitative estimate of drug-likeness (QED) is 0.214. The molecule has 0 bridgehead atoms. The number of rotatable bonds is 2. The minimum Gasteiger partial charge on any atom is -0.258 e. The van der Waals surface area contributed by atoms with Crippen LogP contribution in [0.4, 0.5) is 5.69 Å². The van der Waals surface area contributed by atoms with Crippen LogP contribution in [0.25, 0.3) is 51.5 Å². The molecule has 2 aromatic heterocycles. The Morgan fingerprint density at radius 3 is 1.90 bits per heavy atom. The minimum atomic E-state index is -0.259. The van der Waals surface area contributed by atoms with Gasteiger partial charge in [0.1, 0.15) is 0 Å². The van der Waals surface area contributed by atoms with Crippen LogP contribution in [0.3, 0.4) is 0 Å². The Balaban J connectivity index is 1.81. The number of benzene rings is 4. The fourth-order valence-corrected chi connectivity index (χ4v) is 6.62. The van der Waals surface area contributed by atoms with E-state index in [1.807, 2.05) is 42.5 Å². The lowest BCUT2D eigenvalue weighted by molar-refractivity contribution is -0.384. The molecule has 3 nitrogen and oxygen atoms in total. The van der Waals surface area contributed by atoms with Crippen molar-refractivity contribution in [1.82, 2.24) is 0 Å². The average molecular weight is 412 g/mol. The summed E-state index contributed by atoms with van der Waals surface area (Å²) in [5.74, 6) is 0. The molecule has 6 rings (SSSR count). The van der Waals surface area contributed by atoms with E-state index >= 15 is 0 Å². The Morgan fingerprint density at radius 1 is 0.621 bits per heavy atom. The molecule has 0 unspecified atom stereocenters. The molecule has 29 heavy (non-hydrogen) atoms. The second kappa shape index (κ2) is 6.11. The van der Waals surface area contributed by atoms with Gasteiger partial charge in [0.2, 0.25) is 0 Å². The van der Waals surface area contributed by atoms with Crippen LogP contribution in [0, 0.1) is 10.1 Å². The lowest BCUT2D eigenvalue weighted by Crippen LogP contribution is -1.92. The topological polar surface area (TPSA) is 43.1 Å². The summed E-state index contributed by atoms with van der Waals surface area (Å²) >= 11 is 3.33. The van der Waals surface area contributed by atoms with Crippen molar-refractivity contribution in [3.8, 4) is 11.1 Å². The standard InChI is InChI=1S/C24H13NO2S2/c26-25(27)19-13-12-17-15-7-2-4-11-21(15)29-24(17)22(19)18-9-5-8-16-14-6-1-3-10-20(14)28-23(16)18/h1-13H. The first-order valence-corrected chi connectivity index (χ1v) is 10.8. The number of nitrogens with zero attached hydrogens (tertiary/aromatic N) is 1. The van der Waals surface area contributed by atoms with Gasteiger partial charge in [0, 0.05) is 47.3 Å². The normalized spacial score (nSPS) is 11.7. The van der Waals surface area contributed by atoms with E-state index in [4.69, 9.17) is 0 Å². The first-order valence-electron chi connectivity index (χ1n) is 9.21. The van der Waals surface area contributed by atoms with Gasteiger partial charge in [-0.05, 0) is 18.2 Å². The maximum absolute atomic E-state index is 12.0. The Morgan fingerprint density at radius 2 is 1.21 bits per heavy atom. The van der Waals surface area contributed by atoms with Crippen LogP contribution in [-0.2, 0) is 0 Å². The van der Waals surface area contributed by atoms with Crippen LogP contribution < -0.4 is 0 Å². The van der Waals surface area contributed by atoms with Crippen molar-refractivity contribution in [1.29, 1.82) is 0 Å². The second-order valence-electron chi connectivity index (χ2n) is 6.97. The molecule has 4 aromatic carbocycles. The molecule has 0 aliphatic carbocycles. The van der Waals surface area contributed by atoms with E-state index < -0.39 is 0 Å². The van der Waals surface area contributed by atoms with Crippen molar-refractivity contribution >= 4 is 68.7 Å². The third-order valence-corrected chi connectivity index (χ3v) is 7.82. The van der Waals surface area contributed by atoms with Gasteiger partial charge in [-0.2, -0.15) is 0 Å². The van der Waals surface area contributed by atoms with Crippen LogP contribution in [0.2, 0.25) is 0 Å². The molecule has 0 atom stereocenters. The lowest BCUT2D eigenvalue weighted by atomic mass is 9.99. The van der Waals surface area contributed by atoms with Crippen molar-refractivity contribution in [2.75, 3.05) is 0 Å². The molecule has 2 heterocycles. The predicted octanol–water partition coefficient (Wildman–Crippen LogP) is 8.00. The zero-order valence-electron chi connectivity index (χ0n) is 15.1. The van der Waals surface area contributed by atoms with Crippen LogP contribution in [0.5, 0.6) is 0 Å². The molecule has 0 N–H and O–H groups in total. The first kappa shape index (κ1) is 16.7. The summed E-state index contributed by atoms with van der Waals surface area (Å²) < 4.78 is 4.42. The van der Waals surface area contributed by atoms with Crippen LogP contribution >= 0.6 is 22.7 Å². The maximum atomic E-state index is 12.0. The van der Waals surface area contributed by atoms with Crippen molar-refractivity contribution in [3.63, 3.8) is 0 Å². The molecule has 0 amide bonds. The molecule has 6 aromatic rings.